The van der Waals surface area contributed by atoms with E-state index in [1.807, 2.05) is 30.3 Å². The van der Waals surface area contributed by atoms with Crippen LogP contribution in [0.4, 0.5) is 5.69 Å². The van der Waals surface area contributed by atoms with Crippen LogP contribution in [-0.2, 0) is 18.0 Å². The maximum Gasteiger partial charge on any atom is 0.276 e. The number of halogens is 1. The van der Waals surface area contributed by atoms with Gasteiger partial charge in [-0.1, -0.05) is 41.9 Å². The van der Waals surface area contributed by atoms with Crippen LogP contribution in [0.1, 0.15) is 11.1 Å². The first kappa shape index (κ1) is 13.5. The van der Waals surface area contributed by atoms with E-state index in [1.54, 1.807) is 12.1 Å². The number of nitrogens with zero attached hydrogens (tertiary/aromatic N) is 1. The highest BCUT2D eigenvalue weighted by atomic mass is 35.5. The predicted molar refractivity (Wildman–Crippen MR) is 73.0 cm³/mol. The van der Waals surface area contributed by atoms with Gasteiger partial charge in [0.05, 0.1) is 23.7 Å². The average Bonchev–Trinajstić information content (AvgIpc) is 2.41. The van der Waals surface area contributed by atoms with Crippen molar-refractivity contribution in [2.75, 3.05) is 0 Å². The molecule has 4 nitrogen and oxygen atoms in total. The van der Waals surface area contributed by atoms with E-state index in [0.29, 0.717) is 17.2 Å². The molecule has 0 N–H and O–H groups in total. The fourth-order valence-electron chi connectivity index (χ4n) is 1.68. The van der Waals surface area contributed by atoms with E-state index in [9.17, 15) is 10.1 Å². The van der Waals surface area contributed by atoms with Gasteiger partial charge in [-0.3, -0.25) is 10.1 Å². The summed E-state index contributed by atoms with van der Waals surface area (Å²) in [5, 5.41) is 11.2. The highest BCUT2D eigenvalue weighted by Gasteiger charge is 2.14. The van der Waals surface area contributed by atoms with Gasteiger partial charge in [0.2, 0.25) is 0 Å². The standard InChI is InChI=1S/C14H12ClNO3/c15-13-7-6-12(14(8-13)16(17)18)10-19-9-11-4-2-1-3-5-11/h1-8H,9-10H2. The van der Waals surface area contributed by atoms with Crippen molar-refractivity contribution in [1.29, 1.82) is 0 Å². The van der Waals surface area contributed by atoms with Gasteiger partial charge in [-0.2, -0.15) is 0 Å². The molecule has 5 heteroatoms. The van der Waals surface area contributed by atoms with Crippen molar-refractivity contribution in [2.45, 2.75) is 13.2 Å². The summed E-state index contributed by atoms with van der Waals surface area (Å²) in [6.07, 6.45) is 0. The third kappa shape index (κ3) is 3.77. The summed E-state index contributed by atoms with van der Waals surface area (Å²) in [7, 11) is 0. The van der Waals surface area contributed by atoms with Crippen molar-refractivity contribution in [3.63, 3.8) is 0 Å². The Bertz CT molecular complexity index is 572. The lowest BCUT2D eigenvalue weighted by Gasteiger charge is -2.05. The third-order valence-electron chi connectivity index (χ3n) is 2.61. The van der Waals surface area contributed by atoms with E-state index in [2.05, 4.69) is 0 Å². The summed E-state index contributed by atoms with van der Waals surface area (Å²) in [4.78, 5) is 10.4. The third-order valence-corrected chi connectivity index (χ3v) is 2.85. The molecule has 0 amide bonds. The van der Waals surface area contributed by atoms with Crippen molar-refractivity contribution in [1.82, 2.24) is 0 Å². The lowest BCUT2D eigenvalue weighted by atomic mass is 10.2. The zero-order chi connectivity index (χ0) is 13.7. The molecule has 19 heavy (non-hydrogen) atoms. The van der Waals surface area contributed by atoms with E-state index in [0.717, 1.165) is 5.56 Å². The van der Waals surface area contributed by atoms with Crippen LogP contribution in [-0.4, -0.2) is 4.92 Å². The van der Waals surface area contributed by atoms with Crippen LogP contribution < -0.4 is 0 Å². The molecule has 0 spiro atoms. The average molecular weight is 278 g/mol. The molecular weight excluding hydrogens is 266 g/mol. The summed E-state index contributed by atoms with van der Waals surface area (Å²) in [6.45, 7) is 0.600. The number of benzene rings is 2. The number of hydrogen-bond acceptors (Lipinski definition) is 3. The Hall–Kier alpha value is -1.91. The van der Waals surface area contributed by atoms with Gasteiger partial charge in [0, 0.05) is 11.1 Å². The second-order valence-electron chi connectivity index (χ2n) is 4.01. The van der Waals surface area contributed by atoms with Gasteiger partial charge in [0.25, 0.3) is 5.69 Å². The molecule has 0 saturated carbocycles. The Morgan fingerprint density at radius 1 is 1.11 bits per heavy atom. The normalized spacial score (nSPS) is 10.4. The van der Waals surface area contributed by atoms with Gasteiger partial charge in [-0.25, -0.2) is 0 Å². The van der Waals surface area contributed by atoms with Crippen LogP contribution in [0.2, 0.25) is 5.02 Å². The molecule has 0 aliphatic rings. The zero-order valence-electron chi connectivity index (χ0n) is 10.1. The molecule has 0 aromatic heterocycles. The molecule has 0 fully saturated rings. The van der Waals surface area contributed by atoms with E-state index in [-0.39, 0.29) is 12.3 Å². The lowest BCUT2D eigenvalue weighted by Crippen LogP contribution is -1.99. The molecule has 0 heterocycles. The molecule has 0 radical (unpaired) electrons. The number of rotatable bonds is 5. The lowest BCUT2D eigenvalue weighted by molar-refractivity contribution is -0.386. The van der Waals surface area contributed by atoms with Crippen molar-refractivity contribution < 1.29 is 9.66 Å². The van der Waals surface area contributed by atoms with Crippen LogP contribution in [0.25, 0.3) is 0 Å². The Labute approximate surface area is 115 Å². The number of nitro groups is 1. The van der Waals surface area contributed by atoms with E-state index in [1.165, 1.54) is 6.07 Å². The smallest absolute Gasteiger partial charge is 0.276 e. The maximum absolute atomic E-state index is 10.9. The minimum Gasteiger partial charge on any atom is -0.372 e. The van der Waals surface area contributed by atoms with Crippen molar-refractivity contribution >= 4 is 17.3 Å². The first-order valence-corrected chi connectivity index (χ1v) is 6.09. The molecule has 0 aliphatic heterocycles. The van der Waals surface area contributed by atoms with Crippen molar-refractivity contribution in [2.24, 2.45) is 0 Å². The molecule has 0 bridgehead atoms. The number of ether oxygens (including phenoxy) is 1. The molecule has 0 saturated heterocycles. The number of hydrogen-bond donors (Lipinski definition) is 0. The molecule has 2 aromatic rings. The summed E-state index contributed by atoms with van der Waals surface area (Å²) >= 11 is 5.75. The van der Waals surface area contributed by atoms with Crippen LogP contribution in [0.5, 0.6) is 0 Å². The van der Waals surface area contributed by atoms with E-state index in [4.69, 9.17) is 16.3 Å². The van der Waals surface area contributed by atoms with Crippen molar-refractivity contribution in [3.8, 4) is 0 Å². The van der Waals surface area contributed by atoms with Crippen LogP contribution in [0, 0.1) is 10.1 Å². The first-order valence-electron chi connectivity index (χ1n) is 5.71. The van der Waals surface area contributed by atoms with Crippen LogP contribution in [0.15, 0.2) is 48.5 Å². The van der Waals surface area contributed by atoms with E-state index >= 15 is 0 Å². The van der Waals surface area contributed by atoms with Crippen LogP contribution in [0.3, 0.4) is 0 Å². The minimum absolute atomic E-state index is 0.0134. The largest absolute Gasteiger partial charge is 0.372 e. The monoisotopic (exact) mass is 277 g/mol. The summed E-state index contributed by atoms with van der Waals surface area (Å²) in [5.41, 5.74) is 1.53. The molecule has 0 aliphatic carbocycles. The van der Waals surface area contributed by atoms with Gasteiger partial charge < -0.3 is 4.74 Å². The zero-order valence-corrected chi connectivity index (χ0v) is 10.8. The molecular formula is C14H12ClNO3. The van der Waals surface area contributed by atoms with Crippen molar-refractivity contribution in [3.05, 3.63) is 74.8 Å². The maximum atomic E-state index is 10.9. The molecule has 2 aromatic carbocycles. The Kier molecular flexibility index (Phi) is 4.49. The predicted octanol–water partition coefficient (Wildman–Crippen LogP) is 3.97. The Morgan fingerprint density at radius 3 is 2.53 bits per heavy atom. The quantitative estimate of drug-likeness (QED) is 0.614. The highest BCUT2D eigenvalue weighted by molar-refractivity contribution is 6.30. The Morgan fingerprint density at radius 2 is 1.84 bits per heavy atom. The fraction of sp³-hybridized carbons (Fsp3) is 0.143. The summed E-state index contributed by atoms with van der Waals surface area (Å²) < 4.78 is 5.49. The van der Waals surface area contributed by atoms with Gasteiger partial charge in [0.15, 0.2) is 0 Å². The second kappa shape index (κ2) is 6.31. The molecule has 0 atom stereocenters. The van der Waals surface area contributed by atoms with Gasteiger partial charge in [0.1, 0.15) is 0 Å². The molecule has 98 valence electrons. The molecule has 0 unspecified atom stereocenters. The van der Waals surface area contributed by atoms with Crippen LogP contribution >= 0.6 is 11.6 Å². The first-order chi connectivity index (χ1) is 9.16. The highest BCUT2D eigenvalue weighted by Crippen LogP contribution is 2.24. The van der Waals surface area contributed by atoms with Gasteiger partial charge >= 0.3 is 0 Å². The minimum atomic E-state index is -0.451. The van der Waals surface area contributed by atoms with Gasteiger partial charge in [-0.15, -0.1) is 0 Å². The summed E-state index contributed by atoms with van der Waals surface area (Å²) in [6, 6.07) is 14.2. The Balaban J connectivity index is 2.02. The topological polar surface area (TPSA) is 52.4 Å². The fourth-order valence-corrected chi connectivity index (χ4v) is 1.85. The van der Waals surface area contributed by atoms with Gasteiger partial charge in [-0.05, 0) is 17.7 Å². The second-order valence-corrected chi connectivity index (χ2v) is 4.44. The SMILES string of the molecule is O=[N+]([O-])c1cc(Cl)ccc1COCc1ccccc1. The molecule has 2 rings (SSSR count). The number of nitro benzene ring substituents is 1. The summed E-state index contributed by atoms with van der Waals surface area (Å²) in [5.74, 6) is 0. The van der Waals surface area contributed by atoms with E-state index < -0.39 is 4.92 Å².